The van der Waals surface area contributed by atoms with Crippen LogP contribution in [0.15, 0.2) is 18.6 Å². The zero-order valence-electron chi connectivity index (χ0n) is 8.90. The Kier molecular flexibility index (Phi) is 4.49. The van der Waals surface area contributed by atoms with E-state index in [0.717, 1.165) is 5.69 Å². The van der Waals surface area contributed by atoms with Gasteiger partial charge in [0.2, 0.25) is 0 Å². The summed E-state index contributed by atoms with van der Waals surface area (Å²) in [5.41, 5.74) is 0.954. The zero-order valence-corrected chi connectivity index (χ0v) is 8.90. The van der Waals surface area contributed by atoms with Crippen molar-refractivity contribution in [2.75, 3.05) is 13.7 Å². The average Bonchev–Trinajstić information content (AvgIpc) is 2.19. The standard InChI is InChI=1S/C10H17N3O/c1-8(7-14-3)13-9(2)10-6-11-4-5-12-10/h4-6,8-9,13H,7H2,1-3H3. The lowest BCUT2D eigenvalue weighted by Gasteiger charge is -2.18. The first-order chi connectivity index (χ1) is 6.74. The van der Waals surface area contributed by atoms with Crippen LogP contribution >= 0.6 is 0 Å². The number of methoxy groups -OCH3 is 1. The summed E-state index contributed by atoms with van der Waals surface area (Å²) in [4.78, 5) is 8.25. The summed E-state index contributed by atoms with van der Waals surface area (Å²) < 4.78 is 5.04. The zero-order chi connectivity index (χ0) is 10.4. The van der Waals surface area contributed by atoms with Gasteiger partial charge in [-0.1, -0.05) is 0 Å². The normalized spacial score (nSPS) is 15.1. The van der Waals surface area contributed by atoms with Crippen LogP contribution in [0.2, 0.25) is 0 Å². The van der Waals surface area contributed by atoms with E-state index in [4.69, 9.17) is 4.74 Å². The molecular weight excluding hydrogens is 178 g/mol. The van der Waals surface area contributed by atoms with Crippen molar-refractivity contribution in [3.8, 4) is 0 Å². The molecule has 4 nitrogen and oxygen atoms in total. The maximum Gasteiger partial charge on any atom is 0.0753 e. The maximum absolute atomic E-state index is 5.04. The highest BCUT2D eigenvalue weighted by Gasteiger charge is 2.09. The van der Waals surface area contributed by atoms with Crippen LogP contribution in [0.5, 0.6) is 0 Å². The minimum absolute atomic E-state index is 0.203. The van der Waals surface area contributed by atoms with Gasteiger partial charge in [0.15, 0.2) is 0 Å². The van der Waals surface area contributed by atoms with Gasteiger partial charge in [0.1, 0.15) is 0 Å². The van der Waals surface area contributed by atoms with Gasteiger partial charge in [-0.2, -0.15) is 0 Å². The van der Waals surface area contributed by atoms with E-state index in [0.29, 0.717) is 12.6 Å². The molecule has 0 fully saturated rings. The molecule has 0 aliphatic carbocycles. The third-order valence-electron chi connectivity index (χ3n) is 1.98. The number of nitrogens with one attached hydrogen (secondary N) is 1. The highest BCUT2D eigenvalue weighted by molar-refractivity contribution is 5.00. The lowest BCUT2D eigenvalue weighted by molar-refractivity contribution is 0.167. The van der Waals surface area contributed by atoms with Gasteiger partial charge < -0.3 is 10.1 Å². The molecule has 0 spiro atoms. The van der Waals surface area contributed by atoms with Crippen LogP contribution in [0.25, 0.3) is 0 Å². The molecule has 2 unspecified atom stereocenters. The smallest absolute Gasteiger partial charge is 0.0753 e. The number of aromatic nitrogens is 2. The van der Waals surface area contributed by atoms with Crippen molar-refractivity contribution in [2.45, 2.75) is 25.9 Å². The minimum Gasteiger partial charge on any atom is -0.383 e. The Morgan fingerprint density at radius 2 is 2.21 bits per heavy atom. The second-order valence-electron chi connectivity index (χ2n) is 3.38. The fraction of sp³-hybridized carbons (Fsp3) is 0.600. The van der Waals surface area contributed by atoms with Crippen molar-refractivity contribution < 1.29 is 4.74 Å². The molecule has 78 valence electrons. The second kappa shape index (κ2) is 5.67. The SMILES string of the molecule is COCC(C)NC(C)c1cnccn1. The molecule has 14 heavy (non-hydrogen) atoms. The van der Waals surface area contributed by atoms with E-state index in [-0.39, 0.29) is 6.04 Å². The Bertz CT molecular complexity index is 253. The summed E-state index contributed by atoms with van der Waals surface area (Å²) in [5.74, 6) is 0. The summed E-state index contributed by atoms with van der Waals surface area (Å²) in [7, 11) is 1.70. The van der Waals surface area contributed by atoms with Crippen molar-refractivity contribution in [2.24, 2.45) is 0 Å². The van der Waals surface area contributed by atoms with Gasteiger partial charge in [-0.05, 0) is 13.8 Å². The maximum atomic E-state index is 5.04. The van der Waals surface area contributed by atoms with Crippen LogP contribution in [-0.2, 0) is 4.74 Å². The number of hydrogen-bond acceptors (Lipinski definition) is 4. The predicted molar refractivity (Wildman–Crippen MR) is 54.9 cm³/mol. The Labute approximate surface area is 84.7 Å². The molecular formula is C10H17N3O. The van der Waals surface area contributed by atoms with Crippen molar-refractivity contribution in [1.29, 1.82) is 0 Å². The third kappa shape index (κ3) is 3.40. The van der Waals surface area contributed by atoms with Crippen LogP contribution in [0, 0.1) is 0 Å². The van der Waals surface area contributed by atoms with E-state index in [2.05, 4.69) is 29.1 Å². The van der Waals surface area contributed by atoms with Gasteiger partial charge in [0, 0.05) is 37.8 Å². The summed E-state index contributed by atoms with van der Waals surface area (Å²) in [6.07, 6.45) is 5.15. The van der Waals surface area contributed by atoms with Crippen molar-refractivity contribution in [3.63, 3.8) is 0 Å². The quantitative estimate of drug-likeness (QED) is 0.766. The topological polar surface area (TPSA) is 47.0 Å². The highest BCUT2D eigenvalue weighted by atomic mass is 16.5. The lowest BCUT2D eigenvalue weighted by Crippen LogP contribution is -2.32. The number of hydrogen-bond donors (Lipinski definition) is 1. The summed E-state index contributed by atoms with van der Waals surface area (Å²) >= 11 is 0. The second-order valence-corrected chi connectivity index (χ2v) is 3.38. The highest BCUT2D eigenvalue weighted by Crippen LogP contribution is 2.07. The third-order valence-corrected chi connectivity index (χ3v) is 1.98. The fourth-order valence-electron chi connectivity index (χ4n) is 1.34. The van der Waals surface area contributed by atoms with Crippen molar-refractivity contribution >= 4 is 0 Å². The molecule has 1 rings (SSSR count). The molecule has 1 aromatic heterocycles. The van der Waals surface area contributed by atoms with Gasteiger partial charge in [0.25, 0.3) is 0 Å². The average molecular weight is 195 g/mol. The van der Waals surface area contributed by atoms with Crippen LogP contribution in [-0.4, -0.2) is 29.7 Å². The van der Waals surface area contributed by atoms with E-state index in [1.54, 1.807) is 25.7 Å². The molecule has 1 aromatic rings. The van der Waals surface area contributed by atoms with Gasteiger partial charge >= 0.3 is 0 Å². The monoisotopic (exact) mass is 195 g/mol. The van der Waals surface area contributed by atoms with Crippen LogP contribution in [0.1, 0.15) is 25.6 Å². The predicted octanol–water partition coefficient (Wildman–Crippen LogP) is 1.16. The fourth-order valence-corrected chi connectivity index (χ4v) is 1.34. The van der Waals surface area contributed by atoms with Crippen LogP contribution in [0.3, 0.4) is 0 Å². The van der Waals surface area contributed by atoms with Gasteiger partial charge in [-0.25, -0.2) is 0 Å². The van der Waals surface area contributed by atoms with Gasteiger partial charge in [0.05, 0.1) is 12.3 Å². The van der Waals surface area contributed by atoms with Gasteiger partial charge in [-0.15, -0.1) is 0 Å². The van der Waals surface area contributed by atoms with Crippen molar-refractivity contribution in [3.05, 3.63) is 24.3 Å². The van der Waals surface area contributed by atoms with Gasteiger partial charge in [-0.3, -0.25) is 9.97 Å². The molecule has 0 amide bonds. The summed E-state index contributed by atoms with van der Waals surface area (Å²) in [6.45, 7) is 4.84. The molecule has 0 radical (unpaired) electrons. The summed E-state index contributed by atoms with van der Waals surface area (Å²) in [5, 5.41) is 3.37. The molecule has 0 aromatic carbocycles. The van der Waals surface area contributed by atoms with E-state index in [1.165, 1.54) is 0 Å². The number of rotatable bonds is 5. The Hall–Kier alpha value is -1.00. The van der Waals surface area contributed by atoms with E-state index in [1.807, 2.05) is 0 Å². The van der Waals surface area contributed by atoms with Crippen molar-refractivity contribution in [1.82, 2.24) is 15.3 Å². The van der Waals surface area contributed by atoms with E-state index < -0.39 is 0 Å². The van der Waals surface area contributed by atoms with Crippen LogP contribution < -0.4 is 5.32 Å². The number of ether oxygens (including phenoxy) is 1. The first kappa shape index (κ1) is 11.1. The molecule has 0 aliphatic heterocycles. The Balaban J connectivity index is 2.46. The molecule has 0 saturated heterocycles. The molecule has 1 N–H and O–H groups in total. The first-order valence-electron chi connectivity index (χ1n) is 4.75. The minimum atomic E-state index is 0.203. The molecule has 4 heteroatoms. The lowest BCUT2D eigenvalue weighted by atomic mass is 10.2. The molecule has 1 heterocycles. The molecule has 0 aliphatic rings. The molecule has 2 atom stereocenters. The van der Waals surface area contributed by atoms with E-state index >= 15 is 0 Å². The first-order valence-corrected chi connectivity index (χ1v) is 4.75. The Morgan fingerprint density at radius 3 is 2.79 bits per heavy atom. The number of nitrogens with zero attached hydrogens (tertiary/aromatic N) is 2. The molecule has 0 bridgehead atoms. The largest absolute Gasteiger partial charge is 0.383 e. The Morgan fingerprint density at radius 1 is 1.43 bits per heavy atom. The summed E-state index contributed by atoms with van der Waals surface area (Å²) in [6, 6.07) is 0.519. The molecule has 0 saturated carbocycles. The van der Waals surface area contributed by atoms with Crippen LogP contribution in [0.4, 0.5) is 0 Å². The van der Waals surface area contributed by atoms with E-state index in [9.17, 15) is 0 Å².